The highest BCUT2D eigenvalue weighted by molar-refractivity contribution is 5.69. The quantitative estimate of drug-likeness (QED) is 0.709. The maximum absolute atomic E-state index is 12.1. The molecule has 4 heteroatoms. The van der Waals surface area contributed by atoms with Crippen LogP contribution in [0.1, 0.15) is 39.0 Å². The SMILES string of the molecule is C[C@@H]1Cc2ncccc2CN1C(=O)OC(C)(C)C. The fourth-order valence-electron chi connectivity index (χ4n) is 2.09. The molecule has 1 aliphatic heterocycles. The monoisotopic (exact) mass is 248 g/mol. The van der Waals surface area contributed by atoms with Gasteiger partial charge in [-0.2, -0.15) is 0 Å². The van der Waals surface area contributed by atoms with Gasteiger partial charge in [0, 0.05) is 24.4 Å². The number of hydrogen-bond donors (Lipinski definition) is 0. The molecule has 0 unspecified atom stereocenters. The molecule has 0 saturated carbocycles. The number of ether oxygens (including phenoxy) is 1. The third-order valence-electron chi connectivity index (χ3n) is 2.97. The molecule has 0 aliphatic carbocycles. The zero-order valence-corrected chi connectivity index (χ0v) is 11.4. The third-order valence-corrected chi connectivity index (χ3v) is 2.97. The third kappa shape index (κ3) is 2.81. The van der Waals surface area contributed by atoms with Gasteiger partial charge in [-0.1, -0.05) is 6.07 Å². The van der Waals surface area contributed by atoms with E-state index < -0.39 is 5.60 Å². The lowest BCUT2D eigenvalue weighted by Crippen LogP contribution is -2.45. The summed E-state index contributed by atoms with van der Waals surface area (Å²) < 4.78 is 5.43. The zero-order valence-electron chi connectivity index (χ0n) is 11.4. The molecule has 0 fully saturated rings. The maximum atomic E-state index is 12.1. The molecule has 98 valence electrons. The first kappa shape index (κ1) is 12.9. The average Bonchev–Trinajstić information content (AvgIpc) is 2.25. The summed E-state index contributed by atoms with van der Waals surface area (Å²) in [6, 6.07) is 4.05. The normalized spacial score (nSPS) is 19.3. The summed E-state index contributed by atoms with van der Waals surface area (Å²) in [7, 11) is 0. The predicted octanol–water partition coefficient (Wildman–Crippen LogP) is 2.76. The van der Waals surface area contributed by atoms with Gasteiger partial charge in [-0.3, -0.25) is 4.98 Å². The van der Waals surface area contributed by atoms with Gasteiger partial charge >= 0.3 is 6.09 Å². The number of nitrogens with zero attached hydrogens (tertiary/aromatic N) is 2. The van der Waals surface area contributed by atoms with Crippen LogP contribution < -0.4 is 0 Å². The van der Waals surface area contributed by atoms with Crippen LogP contribution in [0.25, 0.3) is 0 Å². The fourth-order valence-corrected chi connectivity index (χ4v) is 2.09. The van der Waals surface area contributed by atoms with E-state index in [9.17, 15) is 4.79 Å². The topological polar surface area (TPSA) is 42.4 Å². The highest BCUT2D eigenvalue weighted by Gasteiger charge is 2.30. The van der Waals surface area contributed by atoms with Crippen LogP contribution in [0.4, 0.5) is 4.79 Å². The van der Waals surface area contributed by atoms with Crippen molar-refractivity contribution in [3.63, 3.8) is 0 Å². The summed E-state index contributed by atoms with van der Waals surface area (Å²) in [5, 5.41) is 0. The highest BCUT2D eigenvalue weighted by Crippen LogP contribution is 2.23. The maximum Gasteiger partial charge on any atom is 0.410 e. The zero-order chi connectivity index (χ0) is 13.3. The fraction of sp³-hybridized carbons (Fsp3) is 0.571. The van der Waals surface area contributed by atoms with Crippen molar-refractivity contribution < 1.29 is 9.53 Å². The average molecular weight is 248 g/mol. The summed E-state index contributed by atoms with van der Waals surface area (Å²) in [5.41, 5.74) is 1.75. The molecule has 0 spiro atoms. The Morgan fingerprint density at radius 1 is 1.50 bits per heavy atom. The van der Waals surface area contributed by atoms with Crippen molar-refractivity contribution in [2.45, 2.75) is 52.3 Å². The molecule has 0 N–H and O–H groups in total. The van der Waals surface area contributed by atoms with Crippen molar-refractivity contribution in [1.82, 2.24) is 9.88 Å². The molecule has 1 aromatic heterocycles. The van der Waals surface area contributed by atoms with E-state index in [1.54, 1.807) is 11.1 Å². The standard InChI is InChI=1S/C14H20N2O2/c1-10-8-12-11(6-5-7-15-12)9-16(10)13(17)18-14(2,3)4/h5-7,10H,8-9H2,1-4H3/t10-/m1/s1. The molecule has 0 saturated heterocycles. The van der Waals surface area contributed by atoms with Crippen LogP contribution in [0.5, 0.6) is 0 Å². The van der Waals surface area contributed by atoms with Crippen LogP contribution in [-0.2, 0) is 17.7 Å². The van der Waals surface area contributed by atoms with Crippen LogP contribution in [0.3, 0.4) is 0 Å². The summed E-state index contributed by atoms with van der Waals surface area (Å²) in [5.74, 6) is 0. The lowest BCUT2D eigenvalue weighted by Gasteiger charge is -2.35. The second kappa shape index (κ2) is 4.59. The second-order valence-corrected chi connectivity index (χ2v) is 5.77. The molecule has 0 aromatic carbocycles. The Kier molecular flexibility index (Phi) is 3.28. The Labute approximate surface area is 108 Å². The molecule has 1 atom stereocenters. The minimum atomic E-state index is -0.452. The van der Waals surface area contributed by atoms with Crippen LogP contribution in [0.15, 0.2) is 18.3 Å². The molecule has 0 radical (unpaired) electrons. The summed E-state index contributed by atoms with van der Waals surface area (Å²) in [4.78, 5) is 18.2. The van der Waals surface area contributed by atoms with Gasteiger partial charge in [0.2, 0.25) is 0 Å². The first-order valence-electron chi connectivity index (χ1n) is 6.29. The number of carbonyl (C=O) groups is 1. The minimum absolute atomic E-state index is 0.127. The Balaban J connectivity index is 2.14. The van der Waals surface area contributed by atoms with Crippen molar-refractivity contribution in [2.24, 2.45) is 0 Å². The van der Waals surface area contributed by atoms with Gasteiger partial charge in [0.1, 0.15) is 5.60 Å². The smallest absolute Gasteiger partial charge is 0.410 e. The number of carbonyl (C=O) groups excluding carboxylic acids is 1. The van der Waals surface area contributed by atoms with Crippen LogP contribution in [0, 0.1) is 0 Å². The highest BCUT2D eigenvalue weighted by atomic mass is 16.6. The van der Waals surface area contributed by atoms with Crippen molar-refractivity contribution in [3.05, 3.63) is 29.6 Å². The van der Waals surface area contributed by atoms with Crippen LogP contribution >= 0.6 is 0 Å². The Bertz CT molecular complexity index is 451. The van der Waals surface area contributed by atoms with E-state index in [0.717, 1.165) is 17.7 Å². The summed E-state index contributed by atoms with van der Waals surface area (Å²) in [6.07, 6.45) is 2.34. The number of hydrogen-bond acceptors (Lipinski definition) is 3. The van der Waals surface area contributed by atoms with Gasteiger partial charge in [-0.15, -0.1) is 0 Å². The Morgan fingerprint density at radius 3 is 2.89 bits per heavy atom. The molecule has 2 heterocycles. The van der Waals surface area contributed by atoms with Crippen molar-refractivity contribution in [2.75, 3.05) is 0 Å². The van der Waals surface area contributed by atoms with E-state index in [1.165, 1.54) is 0 Å². The Hall–Kier alpha value is -1.58. The van der Waals surface area contributed by atoms with Gasteiger partial charge in [-0.25, -0.2) is 4.79 Å². The Morgan fingerprint density at radius 2 is 2.22 bits per heavy atom. The minimum Gasteiger partial charge on any atom is -0.444 e. The molecular formula is C14H20N2O2. The second-order valence-electron chi connectivity index (χ2n) is 5.77. The van der Waals surface area contributed by atoms with Crippen molar-refractivity contribution >= 4 is 6.09 Å². The van der Waals surface area contributed by atoms with Gasteiger partial charge < -0.3 is 9.64 Å². The number of rotatable bonds is 0. The van der Waals surface area contributed by atoms with E-state index in [1.807, 2.05) is 39.8 Å². The number of amides is 1. The van der Waals surface area contributed by atoms with Crippen LogP contribution in [0.2, 0.25) is 0 Å². The molecule has 4 nitrogen and oxygen atoms in total. The van der Waals surface area contributed by atoms with Gasteiger partial charge in [0.05, 0.1) is 6.54 Å². The van der Waals surface area contributed by atoms with Gasteiger partial charge in [0.25, 0.3) is 0 Å². The summed E-state index contributed by atoms with van der Waals surface area (Å²) in [6.45, 7) is 8.26. The summed E-state index contributed by atoms with van der Waals surface area (Å²) >= 11 is 0. The molecule has 0 bridgehead atoms. The van der Waals surface area contributed by atoms with Gasteiger partial charge in [-0.05, 0) is 39.3 Å². The predicted molar refractivity (Wildman–Crippen MR) is 69.2 cm³/mol. The van der Waals surface area contributed by atoms with Crippen molar-refractivity contribution in [3.8, 4) is 0 Å². The molecule has 1 aliphatic rings. The molecule has 1 amide bonds. The lowest BCUT2D eigenvalue weighted by atomic mass is 10.0. The van der Waals surface area contributed by atoms with E-state index in [4.69, 9.17) is 4.74 Å². The van der Waals surface area contributed by atoms with E-state index >= 15 is 0 Å². The number of aromatic nitrogens is 1. The first-order chi connectivity index (χ1) is 8.37. The molecule has 2 rings (SSSR count). The molecule has 1 aromatic rings. The number of pyridine rings is 1. The number of fused-ring (bicyclic) bond motifs is 1. The lowest BCUT2D eigenvalue weighted by molar-refractivity contribution is 0.0136. The van der Waals surface area contributed by atoms with Crippen molar-refractivity contribution in [1.29, 1.82) is 0 Å². The van der Waals surface area contributed by atoms with Crippen LogP contribution in [-0.4, -0.2) is 27.6 Å². The van der Waals surface area contributed by atoms with E-state index in [-0.39, 0.29) is 12.1 Å². The van der Waals surface area contributed by atoms with E-state index in [2.05, 4.69) is 4.98 Å². The largest absolute Gasteiger partial charge is 0.444 e. The molecular weight excluding hydrogens is 228 g/mol. The van der Waals surface area contributed by atoms with Gasteiger partial charge in [0.15, 0.2) is 0 Å². The van der Waals surface area contributed by atoms with E-state index in [0.29, 0.717) is 6.54 Å². The molecule has 18 heavy (non-hydrogen) atoms. The first-order valence-corrected chi connectivity index (χ1v) is 6.29.